The molecule has 1 aromatic rings. The highest BCUT2D eigenvalue weighted by Crippen LogP contribution is 2.13. The van der Waals surface area contributed by atoms with Crippen molar-refractivity contribution >= 4 is 22.0 Å². The number of aromatic amines is 1. The van der Waals surface area contributed by atoms with E-state index in [1.165, 1.54) is 12.2 Å². The van der Waals surface area contributed by atoms with E-state index >= 15 is 0 Å². The molecule has 0 fully saturated rings. The van der Waals surface area contributed by atoms with Gasteiger partial charge in [-0.15, -0.1) is 0 Å². The number of rotatable bonds is 3. The van der Waals surface area contributed by atoms with Crippen LogP contribution in [0.3, 0.4) is 0 Å². The molecule has 7 heteroatoms. The number of hydrogen-bond donors (Lipinski definition) is 1. The second-order valence-corrected chi connectivity index (χ2v) is 5.62. The molecule has 2 heterocycles. The van der Waals surface area contributed by atoms with Gasteiger partial charge >= 0.3 is 0 Å². The number of amides is 1. The summed E-state index contributed by atoms with van der Waals surface area (Å²) < 4.78 is 24.8. The first-order valence-electron chi connectivity index (χ1n) is 5.42. The quantitative estimate of drug-likeness (QED) is 0.878. The lowest BCUT2D eigenvalue weighted by Gasteiger charge is -2.20. The SMILES string of the molecule is Cc1n[nH]cc1/C=C/S(=O)(=O)N1CCC=CC1=O. The molecule has 1 aliphatic heterocycles. The van der Waals surface area contributed by atoms with E-state index in [4.69, 9.17) is 0 Å². The Bertz CT molecular complexity index is 613. The van der Waals surface area contributed by atoms with E-state index < -0.39 is 15.9 Å². The van der Waals surface area contributed by atoms with Crippen molar-refractivity contribution in [2.75, 3.05) is 6.54 Å². The first kappa shape index (κ1) is 12.6. The van der Waals surface area contributed by atoms with Gasteiger partial charge in [0.05, 0.1) is 11.1 Å². The average Bonchev–Trinajstić information content (AvgIpc) is 2.73. The highest BCUT2D eigenvalue weighted by atomic mass is 32.2. The fourth-order valence-electron chi connectivity index (χ4n) is 1.59. The molecule has 0 saturated heterocycles. The van der Waals surface area contributed by atoms with Crippen LogP contribution in [0.15, 0.2) is 23.8 Å². The van der Waals surface area contributed by atoms with Crippen LogP contribution < -0.4 is 0 Å². The molecule has 18 heavy (non-hydrogen) atoms. The van der Waals surface area contributed by atoms with Crippen molar-refractivity contribution in [1.29, 1.82) is 0 Å². The lowest BCUT2D eigenvalue weighted by Crippen LogP contribution is -2.36. The summed E-state index contributed by atoms with van der Waals surface area (Å²) in [4.78, 5) is 11.5. The zero-order valence-electron chi connectivity index (χ0n) is 9.83. The molecule has 0 saturated carbocycles. The predicted molar refractivity (Wildman–Crippen MR) is 66.7 cm³/mol. The summed E-state index contributed by atoms with van der Waals surface area (Å²) >= 11 is 0. The molecule has 1 aromatic heterocycles. The van der Waals surface area contributed by atoms with E-state index in [0.717, 1.165) is 9.71 Å². The molecule has 2 rings (SSSR count). The molecule has 1 amide bonds. The minimum atomic E-state index is -3.72. The molecule has 0 unspecified atom stereocenters. The minimum Gasteiger partial charge on any atom is -0.285 e. The van der Waals surface area contributed by atoms with Crippen LogP contribution in [0, 0.1) is 6.92 Å². The van der Waals surface area contributed by atoms with Gasteiger partial charge in [0.2, 0.25) is 0 Å². The van der Waals surface area contributed by atoms with Crippen LogP contribution in [0.2, 0.25) is 0 Å². The van der Waals surface area contributed by atoms with Gasteiger partial charge in [-0.3, -0.25) is 9.89 Å². The Morgan fingerprint density at radius 2 is 2.28 bits per heavy atom. The number of carbonyl (C=O) groups excluding carboxylic acids is 1. The maximum absolute atomic E-state index is 12.0. The molecule has 0 spiro atoms. The van der Waals surface area contributed by atoms with Gasteiger partial charge < -0.3 is 0 Å². The second-order valence-electron chi connectivity index (χ2n) is 3.88. The number of hydrogen-bond acceptors (Lipinski definition) is 4. The van der Waals surface area contributed by atoms with Gasteiger partial charge in [-0.05, 0) is 19.4 Å². The summed E-state index contributed by atoms with van der Waals surface area (Å²) in [6, 6.07) is 0. The lowest BCUT2D eigenvalue weighted by atomic mass is 10.3. The highest BCUT2D eigenvalue weighted by Gasteiger charge is 2.24. The van der Waals surface area contributed by atoms with Crippen molar-refractivity contribution in [2.45, 2.75) is 13.3 Å². The first-order valence-corrected chi connectivity index (χ1v) is 6.93. The zero-order valence-corrected chi connectivity index (χ0v) is 10.6. The van der Waals surface area contributed by atoms with Crippen LogP contribution in [0.4, 0.5) is 0 Å². The predicted octanol–water partition coefficient (Wildman–Crippen LogP) is 0.807. The van der Waals surface area contributed by atoms with Gasteiger partial charge in [-0.1, -0.05) is 6.08 Å². The van der Waals surface area contributed by atoms with Crippen LogP contribution >= 0.6 is 0 Å². The fraction of sp³-hybridized carbons (Fsp3) is 0.273. The minimum absolute atomic E-state index is 0.187. The van der Waals surface area contributed by atoms with Crippen molar-refractivity contribution in [2.24, 2.45) is 0 Å². The van der Waals surface area contributed by atoms with Crippen LogP contribution in [0.1, 0.15) is 17.7 Å². The Kier molecular flexibility index (Phi) is 3.33. The molecule has 0 aromatic carbocycles. The standard InChI is InChI=1S/C11H13N3O3S/c1-9-10(8-12-13-9)5-7-18(16,17)14-6-3-2-4-11(14)15/h2,4-5,7-8H,3,6H2,1H3,(H,12,13)/b7-5+. The van der Waals surface area contributed by atoms with Crippen LogP contribution in [0.25, 0.3) is 6.08 Å². The molecule has 0 radical (unpaired) electrons. The van der Waals surface area contributed by atoms with Crippen molar-refractivity contribution in [1.82, 2.24) is 14.5 Å². The Morgan fingerprint density at radius 1 is 1.50 bits per heavy atom. The Morgan fingerprint density at radius 3 is 2.89 bits per heavy atom. The molecular formula is C11H13N3O3S. The van der Waals surface area contributed by atoms with Crippen molar-refractivity contribution in [3.63, 3.8) is 0 Å². The lowest BCUT2D eigenvalue weighted by molar-refractivity contribution is -0.121. The molecule has 1 N–H and O–H groups in total. The van der Waals surface area contributed by atoms with Gasteiger partial charge in [0.15, 0.2) is 0 Å². The largest absolute Gasteiger partial charge is 0.285 e. The van der Waals surface area contributed by atoms with Crippen molar-refractivity contribution < 1.29 is 13.2 Å². The number of aromatic nitrogens is 2. The van der Waals surface area contributed by atoms with Crippen LogP contribution in [-0.4, -0.2) is 35.4 Å². The van der Waals surface area contributed by atoms with Crippen molar-refractivity contribution in [3.05, 3.63) is 35.0 Å². The Balaban J connectivity index is 2.22. The first-order chi connectivity index (χ1) is 8.50. The monoisotopic (exact) mass is 267 g/mol. The molecule has 96 valence electrons. The fourth-order valence-corrected chi connectivity index (χ4v) is 2.73. The maximum atomic E-state index is 12.0. The summed E-state index contributed by atoms with van der Waals surface area (Å²) in [5.41, 5.74) is 1.38. The Labute approximate surface area is 105 Å². The van der Waals surface area contributed by atoms with E-state index in [9.17, 15) is 13.2 Å². The maximum Gasteiger partial charge on any atom is 0.259 e. The van der Waals surface area contributed by atoms with Crippen LogP contribution in [0.5, 0.6) is 0 Å². The van der Waals surface area contributed by atoms with Gasteiger partial charge in [0, 0.05) is 24.4 Å². The van der Waals surface area contributed by atoms with Gasteiger partial charge in [-0.2, -0.15) is 5.10 Å². The highest BCUT2D eigenvalue weighted by molar-refractivity contribution is 7.92. The Hall–Kier alpha value is -1.89. The van der Waals surface area contributed by atoms with Crippen LogP contribution in [-0.2, 0) is 14.8 Å². The third-order valence-electron chi connectivity index (χ3n) is 2.60. The summed E-state index contributed by atoms with van der Waals surface area (Å²) in [7, 11) is -3.72. The summed E-state index contributed by atoms with van der Waals surface area (Å²) in [6.07, 6.45) is 6.51. The molecule has 0 aliphatic carbocycles. The van der Waals surface area contributed by atoms with E-state index in [0.29, 0.717) is 17.7 Å². The molecule has 0 bridgehead atoms. The molecule has 6 nitrogen and oxygen atoms in total. The third-order valence-corrected chi connectivity index (χ3v) is 4.06. The smallest absolute Gasteiger partial charge is 0.259 e. The van der Waals surface area contributed by atoms with E-state index in [1.807, 2.05) is 0 Å². The summed E-state index contributed by atoms with van der Waals surface area (Å²) in [6.45, 7) is 1.95. The summed E-state index contributed by atoms with van der Waals surface area (Å²) in [5, 5.41) is 7.55. The van der Waals surface area contributed by atoms with E-state index in [1.54, 1.807) is 19.2 Å². The number of nitrogens with one attached hydrogen (secondary N) is 1. The normalized spacial score (nSPS) is 16.7. The average molecular weight is 267 g/mol. The van der Waals surface area contributed by atoms with Crippen molar-refractivity contribution in [3.8, 4) is 0 Å². The zero-order chi connectivity index (χ0) is 13.2. The van der Waals surface area contributed by atoms with E-state index in [-0.39, 0.29) is 6.54 Å². The van der Waals surface area contributed by atoms with Gasteiger partial charge in [-0.25, -0.2) is 12.7 Å². The number of carbonyl (C=O) groups is 1. The second kappa shape index (κ2) is 4.77. The number of H-pyrrole nitrogens is 1. The number of sulfonamides is 1. The summed E-state index contributed by atoms with van der Waals surface area (Å²) in [5.74, 6) is -0.505. The molecule has 1 aliphatic rings. The molecular weight excluding hydrogens is 254 g/mol. The van der Waals surface area contributed by atoms with Gasteiger partial charge in [0.1, 0.15) is 0 Å². The number of nitrogens with zero attached hydrogens (tertiary/aromatic N) is 2. The van der Waals surface area contributed by atoms with Gasteiger partial charge in [0.25, 0.3) is 15.9 Å². The van der Waals surface area contributed by atoms with E-state index in [2.05, 4.69) is 10.2 Å². The molecule has 0 atom stereocenters. The third kappa shape index (κ3) is 2.51. The topological polar surface area (TPSA) is 83.1 Å². The number of aryl methyl sites for hydroxylation is 1.